The Balaban J connectivity index is 2.78. The van der Waals surface area contributed by atoms with Crippen LogP contribution in [0.3, 0.4) is 0 Å². The number of rotatable bonds is 7. The number of phosphoric acid groups is 1. The Morgan fingerprint density at radius 1 is 1.32 bits per heavy atom. The molecule has 124 valence electrons. The van der Waals surface area contributed by atoms with Gasteiger partial charge < -0.3 is 4.52 Å². The predicted octanol–water partition coefficient (Wildman–Crippen LogP) is 3.95. The summed E-state index contributed by atoms with van der Waals surface area (Å²) in [4.78, 5) is 29.6. The fourth-order valence-electron chi connectivity index (χ4n) is 1.99. The van der Waals surface area contributed by atoms with Crippen molar-refractivity contribution in [2.45, 2.75) is 46.2 Å². The lowest BCUT2D eigenvalue weighted by molar-refractivity contribution is -0.124. The van der Waals surface area contributed by atoms with Crippen molar-refractivity contribution in [1.82, 2.24) is 0 Å². The number of benzene rings is 1. The van der Waals surface area contributed by atoms with Crippen LogP contribution in [0, 0.1) is 5.41 Å². The highest BCUT2D eigenvalue weighted by atomic mass is 31.2. The summed E-state index contributed by atoms with van der Waals surface area (Å²) < 4.78 is 29.6. The van der Waals surface area contributed by atoms with Crippen LogP contribution in [0.2, 0.25) is 0 Å². The number of ketones is 1. The molecule has 0 heterocycles. The van der Waals surface area contributed by atoms with E-state index in [4.69, 9.17) is 9.79 Å². The molecule has 1 unspecified atom stereocenters. The molecule has 0 bridgehead atoms. The van der Waals surface area contributed by atoms with Crippen molar-refractivity contribution < 1.29 is 28.1 Å². The van der Waals surface area contributed by atoms with Crippen LogP contribution >= 0.6 is 7.82 Å². The number of carbonyl (C=O) groups is 1. The monoisotopic (exact) mass is 332 g/mol. The first-order valence-electron chi connectivity index (χ1n) is 7.00. The first-order chi connectivity index (χ1) is 9.99. The Kier molecular flexibility index (Phi) is 6.29. The van der Waals surface area contributed by atoms with Gasteiger partial charge in [-0.15, -0.1) is 0 Å². The largest absolute Gasteiger partial charge is 0.524 e. The highest BCUT2D eigenvalue weighted by Gasteiger charge is 2.26. The van der Waals surface area contributed by atoms with E-state index >= 15 is 0 Å². The van der Waals surface area contributed by atoms with Gasteiger partial charge in [0.2, 0.25) is 0 Å². The zero-order valence-corrected chi connectivity index (χ0v) is 13.8. The molecular weight excluding hydrogens is 310 g/mol. The van der Waals surface area contributed by atoms with Gasteiger partial charge in [-0.05, 0) is 24.3 Å². The third-order valence-corrected chi connectivity index (χ3v) is 3.48. The SMILES string of the molecule is CC(C)(C)CCCC(=O)C(F)c1ccccc1OP(=O)(O)O. The molecule has 0 spiro atoms. The van der Waals surface area contributed by atoms with Crippen LogP contribution in [0.25, 0.3) is 0 Å². The molecule has 0 aliphatic carbocycles. The summed E-state index contributed by atoms with van der Waals surface area (Å²) in [5.41, 5.74) is -0.0975. The molecule has 7 heteroatoms. The minimum absolute atomic E-state index is 0.0630. The molecule has 0 amide bonds. The molecule has 1 aromatic carbocycles. The summed E-state index contributed by atoms with van der Waals surface area (Å²) in [6, 6.07) is 5.45. The van der Waals surface area contributed by atoms with Gasteiger partial charge in [0.25, 0.3) is 0 Å². The number of hydrogen-bond acceptors (Lipinski definition) is 3. The quantitative estimate of drug-likeness (QED) is 0.739. The molecule has 2 N–H and O–H groups in total. The lowest BCUT2D eigenvalue weighted by atomic mass is 9.89. The van der Waals surface area contributed by atoms with Crippen molar-refractivity contribution in [2.24, 2.45) is 5.41 Å². The number of hydrogen-bond donors (Lipinski definition) is 2. The first kappa shape index (κ1) is 18.8. The number of alkyl halides is 1. The second-order valence-electron chi connectivity index (χ2n) is 6.36. The van der Waals surface area contributed by atoms with Crippen molar-refractivity contribution in [2.75, 3.05) is 0 Å². The zero-order chi connectivity index (χ0) is 17.0. The molecule has 0 aliphatic heterocycles. The number of phosphoric ester groups is 1. The van der Waals surface area contributed by atoms with Crippen LogP contribution in [0.15, 0.2) is 24.3 Å². The predicted molar refractivity (Wildman–Crippen MR) is 81.3 cm³/mol. The Bertz CT molecular complexity index is 561. The number of Topliss-reactive ketones (excluding diaryl/α,β-unsaturated/α-hetero) is 1. The van der Waals surface area contributed by atoms with Crippen LogP contribution < -0.4 is 4.52 Å². The van der Waals surface area contributed by atoms with Gasteiger partial charge in [-0.2, -0.15) is 0 Å². The average Bonchev–Trinajstić information content (AvgIpc) is 2.35. The lowest BCUT2D eigenvalue weighted by Crippen LogP contribution is -2.11. The van der Waals surface area contributed by atoms with Gasteiger partial charge in [-0.1, -0.05) is 39.0 Å². The molecule has 0 saturated carbocycles. The van der Waals surface area contributed by atoms with Gasteiger partial charge in [0.15, 0.2) is 12.0 Å². The van der Waals surface area contributed by atoms with Gasteiger partial charge >= 0.3 is 7.82 Å². The van der Waals surface area contributed by atoms with Crippen LogP contribution in [0.1, 0.15) is 51.8 Å². The maximum absolute atomic E-state index is 14.3. The van der Waals surface area contributed by atoms with E-state index in [1.54, 1.807) is 0 Å². The standard InChI is InChI=1S/C15H22FO5P/c1-15(2,3)10-6-8-12(17)14(16)11-7-4-5-9-13(11)21-22(18,19)20/h4-5,7,9,14H,6,8,10H2,1-3H3,(H2,18,19,20). The molecular formula is C15H22FO5P. The lowest BCUT2D eigenvalue weighted by Gasteiger charge is -2.18. The molecule has 5 nitrogen and oxygen atoms in total. The number of halogens is 1. The van der Waals surface area contributed by atoms with E-state index in [2.05, 4.69) is 4.52 Å². The minimum atomic E-state index is -4.81. The van der Waals surface area contributed by atoms with Crippen LogP contribution in [-0.2, 0) is 9.36 Å². The zero-order valence-electron chi connectivity index (χ0n) is 13.0. The topological polar surface area (TPSA) is 83.8 Å². The summed E-state index contributed by atoms with van der Waals surface area (Å²) >= 11 is 0. The van der Waals surface area contributed by atoms with Gasteiger partial charge in [0, 0.05) is 12.0 Å². The summed E-state index contributed by atoms with van der Waals surface area (Å²) in [7, 11) is -4.81. The van der Waals surface area contributed by atoms with E-state index < -0.39 is 19.8 Å². The summed E-state index contributed by atoms with van der Waals surface area (Å²) in [5.74, 6) is -0.932. The normalized spacial score (nSPS) is 13.7. The van der Waals surface area contributed by atoms with Crippen molar-refractivity contribution in [3.8, 4) is 5.75 Å². The molecule has 1 atom stereocenters. The maximum Gasteiger partial charge on any atom is 0.524 e. The Labute approximate surface area is 129 Å². The van der Waals surface area contributed by atoms with Crippen LogP contribution in [-0.4, -0.2) is 15.6 Å². The van der Waals surface area contributed by atoms with E-state index in [-0.39, 0.29) is 23.1 Å². The molecule has 0 radical (unpaired) electrons. The molecule has 1 rings (SSSR count). The third-order valence-electron chi connectivity index (χ3n) is 3.04. The van der Waals surface area contributed by atoms with Crippen molar-refractivity contribution in [3.63, 3.8) is 0 Å². The average molecular weight is 332 g/mol. The molecule has 0 aromatic heterocycles. The molecule has 1 aromatic rings. The van der Waals surface area contributed by atoms with Crippen LogP contribution in [0.5, 0.6) is 5.75 Å². The fourth-order valence-corrected chi connectivity index (χ4v) is 2.42. The Hall–Kier alpha value is -1.23. The molecule has 0 saturated heterocycles. The maximum atomic E-state index is 14.3. The summed E-state index contributed by atoms with van der Waals surface area (Å²) in [6.45, 7) is 6.11. The minimum Gasteiger partial charge on any atom is -0.404 e. The van der Waals surface area contributed by atoms with E-state index in [1.807, 2.05) is 20.8 Å². The van der Waals surface area contributed by atoms with Crippen LogP contribution in [0.4, 0.5) is 4.39 Å². The van der Waals surface area contributed by atoms with Crippen molar-refractivity contribution in [3.05, 3.63) is 29.8 Å². The Morgan fingerprint density at radius 3 is 2.45 bits per heavy atom. The summed E-state index contributed by atoms with van der Waals surface area (Å²) in [5, 5.41) is 0. The van der Waals surface area contributed by atoms with Gasteiger partial charge in [0.1, 0.15) is 5.75 Å². The van der Waals surface area contributed by atoms with Crippen molar-refractivity contribution >= 4 is 13.6 Å². The number of para-hydroxylation sites is 1. The Morgan fingerprint density at radius 2 is 1.91 bits per heavy atom. The number of carbonyl (C=O) groups excluding carboxylic acids is 1. The highest BCUT2D eigenvalue weighted by molar-refractivity contribution is 7.46. The van der Waals surface area contributed by atoms with Gasteiger partial charge in [-0.3, -0.25) is 14.6 Å². The van der Waals surface area contributed by atoms with E-state index in [9.17, 15) is 13.8 Å². The first-order valence-corrected chi connectivity index (χ1v) is 8.53. The van der Waals surface area contributed by atoms with Gasteiger partial charge in [0.05, 0.1) is 0 Å². The van der Waals surface area contributed by atoms with Gasteiger partial charge in [-0.25, -0.2) is 8.96 Å². The van der Waals surface area contributed by atoms with E-state index in [0.29, 0.717) is 6.42 Å². The van der Waals surface area contributed by atoms with E-state index in [0.717, 1.165) is 6.42 Å². The van der Waals surface area contributed by atoms with E-state index in [1.165, 1.54) is 24.3 Å². The molecule has 0 aliphatic rings. The fraction of sp³-hybridized carbons (Fsp3) is 0.533. The molecule has 0 fully saturated rings. The highest BCUT2D eigenvalue weighted by Crippen LogP contribution is 2.41. The smallest absolute Gasteiger partial charge is 0.404 e. The second-order valence-corrected chi connectivity index (χ2v) is 7.53. The molecule has 22 heavy (non-hydrogen) atoms. The summed E-state index contributed by atoms with van der Waals surface area (Å²) in [6.07, 6.45) is -0.540. The third kappa shape index (κ3) is 6.69. The second kappa shape index (κ2) is 7.36. The van der Waals surface area contributed by atoms with Crippen molar-refractivity contribution in [1.29, 1.82) is 0 Å².